The van der Waals surface area contributed by atoms with E-state index in [9.17, 15) is 9.18 Å². The van der Waals surface area contributed by atoms with Gasteiger partial charge in [0, 0.05) is 0 Å². The number of benzene rings is 2. The second-order valence-corrected chi connectivity index (χ2v) is 8.15. The average Bonchev–Trinajstić information content (AvgIpc) is 3.05. The molecule has 28 heavy (non-hydrogen) atoms. The molecule has 0 saturated carbocycles. The zero-order valence-electron chi connectivity index (χ0n) is 15.7. The number of anilines is 1. The number of hydrogen-bond donors (Lipinski definition) is 0. The summed E-state index contributed by atoms with van der Waals surface area (Å²) >= 11 is 1.44. The number of carbonyl (C=O) groups excluding carboxylic acids is 1. The minimum absolute atomic E-state index is 0.113. The van der Waals surface area contributed by atoms with Crippen LogP contribution in [-0.4, -0.2) is 36.8 Å². The van der Waals surface area contributed by atoms with Gasteiger partial charge >= 0.3 is 5.97 Å². The van der Waals surface area contributed by atoms with E-state index in [1.165, 1.54) is 29.0 Å². The summed E-state index contributed by atoms with van der Waals surface area (Å²) in [4.78, 5) is 18.5. The minimum atomic E-state index is -0.385. The Kier molecular flexibility index (Phi) is 5.17. The third kappa shape index (κ3) is 4.09. The molecule has 0 aliphatic carbocycles. The summed E-state index contributed by atoms with van der Waals surface area (Å²) < 4.78 is 25.0. The standard InChI is InChI=1S/C21H21FN2O3S/c1-13(2)14-3-6-16(7-4-14)26-12-20(25)27-17-10-24(11-17)21-23-18-8-5-15(22)9-19(18)28-21/h3-9,13,17H,10-12H2,1-2H3. The molecular formula is C21H21FN2O3S. The molecule has 2 aromatic carbocycles. The number of esters is 1. The smallest absolute Gasteiger partial charge is 0.344 e. The SMILES string of the molecule is CC(C)c1ccc(OCC(=O)OC2CN(c3nc4ccc(F)cc4s3)C2)cc1. The molecular weight excluding hydrogens is 379 g/mol. The summed E-state index contributed by atoms with van der Waals surface area (Å²) in [5.74, 6) is 0.453. The largest absolute Gasteiger partial charge is 0.482 e. The van der Waals surface area contributed by atoms with Gasteiger partial charge in [0.2, 0.25) is 0 Å². The van der Waals surface area contributed by atoms with Crippen LogP contribution in [0.25, 0.3) is 10.2 Å². The molecule has 3 aromatic rings. The highest BCUT2D eigenvalue weighted by Gasteiger charge is 2.32. The summed E-state index contributed by atoms with van der Waals surface area (Å²) in [7, 11) is 0. The topological polar surface area (TPSA) is 51.7 Å². The lowest BCUT2D eigenvalue weighted by Crippen LogP contribution is -2.53. The number of aromatic nitrogens is 1. The van der Waals surface area contributed by atoms with Crippen molar-refractivity contribution in [1.29, 1.82) is 0 Å². The number of halogens is 1. The number of thiazole rings is 1. The average molecular weight is 400 g/mol. The molecule has 4 rings (SSSR count). The van der Waals surface area contributed by atoms with Crippen molar-refractivity contribution in [2.75, 3.05) is 24.6 Å². The lowest BCUT2D eigenvalue weighted by molar-refractivity contribution is -0.152. The van der Waals surface area contributed by atoms with Gasteiger partial charge in [0.25, 0.3) is 0 Å². The van der Waals surface area contributed by atoms with Gasteiger partial charge in [-0.2, -0.15) is 0 Å². The summed E-state index contributed by atoms with van der Waals surface area (Å²) in [6.07, 6.45) is -0.178. The van der Waals surface area contributed by atoms with E-state index in [-0.39, 0.29) is 24.5 Å². The molecule has 0 radical (unpaired) electrons. The molecule has 1 aromatic heterocycles. The molecule has 0 spiro atoms. The van der Waals surface area contributed by atoms with E-state index < -0.39 is 0 Å². The summed E-state index contributed by atoms with van der Waals surface area (Å²) in [5.41, 5.74) is 2.00. The lowest BCUT2D eigenvalue weighted by Gasteiger charge is -2.38. The van der Waals surface area contributed by atoms with Crippen LogP contribution in [0.15, 0.2) is 42.5 Å². The summed E-state index contributed by atoms with van der Waals surface area (Å²) in [6.45, 7) is 5.30. The maximum absolute atomic E-state index is 13.3. The predicted molar refractivity (Wildman–Crippen MR) is 108 cm³/mol. The molecule has 5 nitrogen and oxygen atoms in total. The van der Waals surface area contributed by atoms with E-state index in [0.29, 0.717) is 24.8 Å². The molecule has 0 N–H and O–H groups in total. The molecule has 1 fully saturated rings. The Hall–Kier alpha value is -2.67. The van der Waals surface area contributed by atoms with Crippen LogP contribution < -0.4 is 9.64 Å². The van der Waals surface area contributed by atoms with Crippen LogP contribution in [0.2, 0.25) is 0 Å². The number of hydrogen-bond acceptors (Lipinski definition) is 6. The highest BCUT2D eigenvalue weighted by molar-refractivity contribution is 7.22. The van der Waals surface area contributed by atoms with Gasteiger partial charge in [-0.05, 0) is 41.8 Å². The van der Waals surface area contributed by atoms with E-state index >= 15 is 0 Å². The van der Waals surface area contributed by atoms with E-state index in [1.54, 1.807) is 6.07 Å². The number of nitrogens with zero attached hydrogens (tertiary/aromatic N) is 2. The summed E-state index contributed by atoms with van der Waals surface area (Å²) in [5, 5.41) is 0.814. The van der Waals surface area contributed by atoms with Crippen LogP contribution in [0.1, 0.15) is 25.3 Å². The monoisotopic (exact) mass is 400 g/mol. The fraction of sp³-hybridized carbons (Fsp3) is 0.333. The Morgan fingerprint density at radius 1 is 1.25 bits per heavy atom. The normalized spacial score (nSPS) is 14.4. The van der Waals surface area contributed by atoms with Crippen molar-refractivity contribution >= 4 is 32.7 Å². The first-order chi connectivity index (χ1) is 13.5. The second kappa shape index (κ2) is 7.75. The molecule has 0 amide bonds. The van der Waals surface area contributed by atoms with E-state index in [2.05, 4.69) is 18.8 Å². The summed E-state index contributed by atoms with van der Waals surface area (Å²) in [6, 6.07) is 12.3. The van der Waals surface area contributed by atoms with E-state index in [0.717, 1.165) is 15.3 Å². The third-order valence-corrected chi connectivity index (χ3v) is 5.74. The van der Waals surface area contributed by atoms with Crippen molar-refractivity contribution in [2.24, 2.45) is 0 Å². The maximum atomic E-state index is 13.3. The van der Waals surface area contributed by atoms with Gasteiger partial charge in [0.1, 0.15) is 17.7 Å². The number of fused-ring (bicyclic) bond motifs is 1. The Morgan fingerprint density at radius 2 is 2.00 bits per heavy atom. The Labute approximate surface area is 166 Å². The highest BCUT2D eigenvalue weighted by atomic mass is 32.1. The Balaban J connectivity index is 1.24. The maximum Gasteiger partial charge on any atom is 0.344 e. The predicted octanol–water partition coefficient (Wildman–Crippen LogP) is 4.37. The van der Waals surface area contributed by atoms with Gasteiger partial charge in [-0.15, -0.1) is 0 Å². The molecule has 0 bridgehead atoms. The molecule has 1 aliphatic rings. The van der Waals surface area contributed by atoms with Crippen LogP contribution in [-0.2, 0) is 9.53 Å². The lowest BCUT2D eigenvalue weighted by atomic mass is 10.0. The van der Waals surface area contributed by atoms with Crippen molar-refractivity contribution in [1.82, 2.24) is 4.98 Å². The molecule has 0 atom stereocenters. The van der Waals surface area contributed by atoms with Crippen molar-refractivity contribution in [3.05, 3.63) is 53.8 Å². The molecule has 1 aliphatic heterocycles. The molecule has 1 saturated heterocycles. The molecule has 146 valence electrons. The van der Waals surface area contributed by atoms with E-state index in [4.69, 9.17) is 9.47 Å². The molecule has 0 unspecified atom stereocenters. The first kappa shape index (κ1) is 18.7. The van der Waals surface area contributed by atoms with Crippen LogP contribution in [0.5, 0.6) is 5.75 Å². The van der Waals surface area contributed by atoms with Crippen molar-refractivity contribution < 1.29 is 18.7 Å². The second-order valence-electron chi connectivity index (χ2n) is 7.14. The van der Waals surface area contributed by atoms with Gasteiger partial charge in [-0.1, -0.05) is 37.3 Å². The van der Waals surface area contributed by atoms with Gasteiger partial charge < -0.3 is 14.4 Å². The van der Waals surface area contributed by atoms with Crippen LogP contribution in [0, 0.1) is 5.82 Å². The number of carbonyl (C=O) groups is 1. The first-order valence-corrected chi connectivity index (χ1v) is 10.0. The van der Waals surface area contributed by atoms with Crippen LogP contribution in [0.3, 0.4) is 0 Å². The van der Waals surface area contributed by atoms with E-state index in [1.807, 2.05) is 29.2 Å². The third-order valence-electron chi connectivity index (χ3n) is 4.66. The van der Waals surface area contributed by atoms with Gasteiger partial charge in [-0.25, -0.2) is 14.2 Å². The molecule has 2 heterocycles. The van der Waals surface area contributed by atoms with Gasteiger partial charge in [0.15, 0.2) is 11.7 Å². The number of ether oxygens (including phenoxy) is 2. The van der Waals surface area contributed by atoms with Crippen LogP contribution >= 0.6 is 11.3 Å². The van der Waals surface area contributed by atoms with Crippen LogP contribution in [0.4, 0.5) is 9.52 Å². The van der Waals surface area contributed by atoms with Crippen molar-refractivity contribution in [3.8, 4) is 5.75 Å². The zero-order chi connectivity index (χ0) is 19.7. The highest BCUT2D eigenvalue weighted by Crippen LogP contribution is 2.32. The Morgan fingerprint density at radius 3 is 2.71 bits per heavy atom. The number of rotatable bonds is 6. The Bertz CT molecular complexity index is 981. The first-order valence-electron chi connectivity index (χ1n) is 9.21. The van der Waals surface area contributed by atoms with Crippen molar-refractivity contribution in [3.63, 3.8) is 0 Å². The van der Waals surface area contributed by atoms with Gasteiger partial charge in [-0.3, -0.25) is 0 Å². The van der Waals surface area contributed by atoms with Crippen molar-refractivity contribution in [2.45, 2.75) is 25.9 Å². The zero-order valence-corrected chi connectivity index (χ0v) is 16.5. The minimum Gasteiger partial charge on any atom is -0.482 e. The fourth-order valence-electron chi connectivity index (χ4n) is 3.00. The fourth-order valence-corrected chi connectivity index (χ4v) is 4.01. The quantitative estimate of drug-likeness (QED) is 0.575. The molecule has 7 heteroatoms. The van der Waals surface area contributed by atoms with Gasteiger partial charge in [0.05, 0.1) is 23.3 Å².